The van der Waals surface area contributed by atoms with Gasteiger partial charge in [0.1, 0.15) is 0 Å². The second-order valence-corrected chi connectivity index (χ2v) is 7.38. The van der Waals surface area contributed by atoms with Gasteiger partial charge in [0.15, 0.2) is 0 Å². The Labute approximate surface area is 120 Å². The Balaban J connectivity index is 2.19. The van der Waals surface area contributed by atoms with Crippen molar-refractivity contribution < 1.29 is 18.3 Å². The Morgan fingerprint density at radius 1 is 1.30 bits per heavy atom. The number of hydrogen-bond acceptors (Lipinski definition) is 4. The molecule has 5 nitrogen and oxygen atoms in total. The van der Waals surface area contributed by atoms with Crippen LogP contribution in [0, 0.1) is 6.92 Å². The summed E-state index contributed by atoms with van der Waals surface area (Å²) in [6.45, 7) is 2.79. The van der Waals surface area contributed by atoms with E-state index < -0.39 is 15.6 Å². The molecule has 6 heteroatoms. The summed E-state index contributed by atoms with van der Waals surface area (Å²) in [7, 11) is -2.07. The van der Waals surface area contributed by atoms with Crippen molar-refractivity contribution in [3.8, 4) is 0 Å². The SMILES string of the molecule is Cc1ccccc1S(=O)(=O)N(C)CC1(O)CCOCC1. The van der Waals surface area contributed by atoms with Gasteiger partial charge in [-0.3, -0.25) is 0 Å². The first kappa shape index (κ1) is 15.4. The average Bonchev–Trinajstić information content (AvgIpc) is 2.39. The van der Waals surface area contributed by atoms with E-state index in [4.69, 9.17) is 4.74 Å². The molecule has 0 spiro atoms. The first-order valence-corrected chi connectivity index (χ1v) is 8.11. The summed E-state index contributed by atoms with van der Waals surface area (Å²) in [6.07, 6.45) is 0.918. The van der Waals surface area contributed by atoms with Crippen LogP contribution in [0.5, 0.6) is 0 Å². The number of benzene rings is 1. The van der Waals surface area contributed by atoms with Gasteiger partial charge >= 0.3 is 0 Å². The van der Waals surface area contributed by atoms with Crippen LogP contribution >= 0.6 is 0 Å². The van der Waals surface area contributed by atoms with E-state index in [0.717, 1.165) is 0 Å². The molecule has 1 saturated heterocycles. The normalized spacial score (nSPS) is 19.2. The third kappa shape index (κ3) is 3.20. The number of aryl methyl sites for hydroxylation is 1. The molecule has 1 fully saturated rings. The zero-order chi connectivity index (χ0) is 14.8. The lowest BCUT2D eigenvalue weighted by atomic mass is 9.95. The molecule has 2 rings (SSSR count). The molecule has 1 aromatic rings. The Morgan fingerprint density at radius 3 is 2.50 bits per heavy atom. The van der Waals surface area contributed by atoms with Gasteiger partial charge < -0.3 is 9.84 Å². The molecule has 1 heterocycles. The summed E-state index contributed by atoms with van der Waals surface area (Å²) >= 11 is 0. The smallest absolute Gasteiger partial charge is 0.243 e. The maximum atomic E-state index is 12.6. The van der Waals surface area contributed by atoms with Gasteiger partial charge in [0.05, 0.1) is 10.5 Å². The van der Waals surface area contributed by atoms with Gasteiger partial charge in [0.2, 0.25) is 10.0 Å². The highest BCUT2D eigenvalue weighted by Crippen LogP contribution is 2.25. The highest BCUT2D eigenvalue weighted by molar-refractivity contribution is 7.89. The fourth-order valence-electron chi connectivity index (χ4n) is 2.42. The molecule has 0 radical (unpaired) electrons. The zero-order valence-corrected chi connectivity index (χ0v) is 12.7. The largest absolute Gasteiger partial charge is 0.388 e. The van der Waals surface area contributed by atoms with Crippen LogP contribution < -0.4 is 0 Å². The Hall–Kier alpha value is -0.950. The minimum atomic E-state index is -3.57. The molecule has 1 aromatic carbocycles. The minimum Gasteiger partial charge on any atom is -0.388 e. The maximum Gasteiger partial charge on any atom is 0.243 e. The van der Waals surface area contributed by atoms with Gasteiger partial charge in [-0.05, 0) is 18.6 Å². The highest BCUT2D eigenvalue weighted by atomic mass is 32.2. The van der Waals surface area contributed by atoms with Crippen molar-refractivity contribution in [1.29, 1.82) is 0 Å². The van der Waals surface area contributed by atoms with Crippen LogP contribution in [0.1, 0.15) is 18.4 Å². The van der Waals surface area contributed by atoms with E-state index in [0.29, 0.717) is 31.6 Å². The van der Waals surface area contributed by atoms with Crippen LogP contribution in [-0.4, -0.2) is 50.2 Å². The van der Waals surface area contributed by atoms with Gasteiger partial charge in [0.25, 0.3) is 0 Å². The number of sulfonamides is 1. The summed E-state index contributed by atoms with van der Waals surface area (Å²) in [5.41, 5.74) is -0.290. The van der Waals surface area contributed by atoms with Crippen LogP contribution in [-0.2, 0) is 14.8 Å². The van der Waals surface area contributed by atoms with E-state index in [1.165, 1.54) is 11.4 Å². The van der Waals surface area contributed by atoms with E-state index in [1.54, 1.807) is 31.2 Å². The summed E-state index contributed by atoms with van der Waals surface area (Å²) in [4.78, 5) is 0.290. The topological polar surface area (TPSA) is 66.8 Å². The molecule has 1 aliphatic heterocycles. The molecule has 20 heavy (non-hydrogen) atoms. The van der Waals surface area contributed by atoms with Crippen molar-refractivity contribution in [1.82, 2.24) is 4.31 Å². The molecule has 1 N–H and O–H groups in total. The van der Waals surface area contributed by atoms with E-state index in [1.807, 2.05) is 0 Å². The minimum absolute atomic E-state index is 0.0903. The Morgan fingerprint density at radius 2 is 1.90 bits per heavy atom. The number of nitrogens with zero attached hydrogens (tertiary/aromatic N) is 1. The second kappa shape index (κ2) is 5.81. The molecule has 0 aliphatic carbocycles. The molecule has 0 amide bonds. The summed E-state index contributed by atoms with van der Waals surface area (Å²) < 4.78 is 31.5. The van der Waals surface area contributed by atoms with Gasteiger partial charge in [-0.2, -0.15) is 4.31 Å². The van der Waals surface area contributed by atoms with Gasteiger partial charge in [0, 0.05) is 39.6 Å². The lowest BCUT2D eigenvalue weighted by Crippen LogP contribution is -2.47. The van der Waals surface area contributed by atoms with Crippen LogP contribution in [0.4, 0.5) is 0 Å². The molecule has 0 unspecified atom stereocenters. The number of hydrogen-bond donors (Lipinski definition) is 1. The maximum absolute atomic E-state index is 12.6. The van der Waals surface area contributed by atoms with Gasteiger partial charge in [-0.1, -0.05) is 18.2 Å². The lowest BCUT2D eigenvalue weighted by Gasteiger charge is -2.35. The number of rotatable bonds is 4. The van der Waals surface area contributed by atoms with Gasteiger partial charge in [-0.25, -0.2) is 8.42 Å². The van der Waals surface area contributed by atoms with Crippen LogP contribution in [0.25, 0.3) is 0 Å². The average molecular weight is 299 g/mol. The lowest BCUT2D eigenvalue weighted by molar-refractivity contribution is -0.0689. The van der Waals surface area contributed by atoms with E-state index in [2.05, 4.69) is 0 Å². The molecule has 1 aliphatic rings. The van der Waals surface area contributed by atoms with Crippen molar-refractivity contribution in [3.05, 3.63) is 29.8 Å². The molecule has 0 aromatic heterocycles. The monoisotopic (exact) mass is 299 g/mol. The predicted octanol–water partition coefficient (Wildman–Crippen LogP) is 1.16. The molecule has 0 bridgehead atoms. The highest BCUT2D eigenvalue weighted by Gasteiger charge is 2.35. The Bertz CT molecular complexity index is 564. The fourth-order valence-corrected chi connectivity index (χ4v) is 3.89. The van der Waals surface area contributed by atoms with Crippen LogP contribution in [0.3, 0.4) is 0 Å². The quantitative estimate of drug-likeness (QED) is 0.906. The number of ether oxygens (including phenoxy) is 1. The second-order valence-electron chi connectivity index (χ2n) is 5.36. The first-order chi connectivity index (χ1) is 9.35. The third-order valence-corrected chi connectivity index (χ3v) is 5.69. The van der Waals surface area contributed by atoms with E-state index in [-0.39, 0.29) is 11.4 Å². The van der Waals surface area contributed by atoms with Crippen molar-refractivity contribution in [3.63, 3.8) is 0 Å². The van der Waals surface area contributed by atoms with Gasteiger partial charge in [-0.15, -0.1) is 0 Å². The van der Waals surface area contributed by atoms with Crippen molar-refractivity contribution in [2.75, 3.05) is 26.8 Å². The summed E-state index contributed by atoms with van der Waals surface area (Å²) in [5.74, 6) is 0. The molecule has 0 atom stereocenters. The van der Waals surface area contributed by atoms with E-state index >= 15 is 0 Å². The summed E-state index contributed by atoms with van der Waals surface area (Å²) in [6, 6.07) is 6.87. The van der Waals surface area contributed by atoms with Crippen LogP contribution in [0.15, 0.2) is 29.2 Å². The van der Waals surface area contributed by atoms with Crippen molar-refractivity contribution >= 4 is 10.0 Å². The molecular weight excluding hydrogens is 278 g/mol. The zero-order valence-electron chi connectivity index (χ0n) is 11.9. The molecule has 0 saturated carbocycles. The number of aliphatic hydroxyl groups is 1. The molecule has 112 valence electrons. The Kier molecular flexibility index (Phi) is 4.49. The van der Waals surface area contributed by atoms with Crippen molar-refractivity contribution in [2.24, 2.45) is 0 Å². The van der Waals surface area contributed by atoms with Crippen molar-refractivity contribution in [2.45, 2.75) is 30.3 Å². The van der Waals surface area contributed by atoms with E-state index in [9.17, 15) is 13.5 Å². The fraction of sp³-hybridized carbons (Fsp3) is 0.571. The third-order valence-electron chi connectivity index (χ3n) is 3.72. The predicted molar refractivity (Wildman–Crippen MR) is 76.0 cm³/mol. The first-order valence-electron chi connectivity index (χ1n) is 6.67. The standard InChI is InChI=1S/C14H21NO4S/c1-12-5-3-4-6-13(12)20(17,18)15(2)11-14(16)7-9-19-10-8-14/h3-6,16H,7-11H2,1-2H3. The number of likely N-dealkylation sites (N-methyl/N-ethyl adjacent to an activating group) is 1. The van der Waals surface area contributed by atoms with Crippen LogP contribution in [0.2, 0.25) is 0 Å². The molecular formula is C14H21NO4S. The summed E-state index contributed by atoms with van der Waals surface area (Å²) in [5, 5.41) is 10.4.